The highest BCUT2D eigenvalue weighted by Gasteiger charge is 2.66. The molecule has 1 N–H and O–H groups in total. The molecule has 0 saturated heterocycles. The summed E-state index contributed by atoms with van der Waals surface area (Å²) in [6.07, 6.45) is -4.55. The zero-order valence-electron chi connectivity index (χ0n) is 9.48. The minimum Gasteiger partial charge on any atom is -0.478 e. The average molecular weight is 271 g/mol. The number of halogens is 3. The molecule has 0 bridgehead atoms. The minimum atomic E-state index is -4.42. The van der Waals surface area contributed by atoms with Crippen molar-refractivity contribution in [1.82, 2.24) is 15.0 Å². The second-order valence-electron chi connectivity index (χ2n) is 4.51. The van der Waals surface area contributed by atoms with Crippen LogP contribution in [0.3, 0.4) is 0 Å². The van der Waals surface area contributed by atoms with Gasteiger partial charge in [-0.2, -0.15) is 13.2 Å². The van der Waals surface area contributed by atoms with E-state index in [1.807, 2.05) is 0 Å². The summed E-state index contributed by atoms with van der Waals surface area (Å²) >= 11 is 0. The van der Waals surface area contributed by atoms with E-state index in [9.17, 15) is 18.0 Å². The van der Waals surface area contributed by atoms with Gasteiger partial charge in [0.25, 0.3) is 0 Å². The van der Waals surface area contributed by atoms with E-state index in [0.717, 1.165) is 4.68 Å². The Kier molecular flexibility index (Phi) is 2.17. The van der Waals surface area contributed by atoms with Gasteiger partial charge >= 0.3 is 12.1 Å². The summed E-state index contributed by atoms with van der Waals surface area (Å²) in [5, 5.41) is 16.1. The number of rotatable bonds is 2. The molecule has 1 fully saturated rings. The van der Waals surface area contributed by atoms with E-state index in [1.54, 1.807) is 0 Å². The maximum absolute atomic E-state index is 13.0. The van der Waals surface area contributed by atoms with Crippen LogP contribution in [0.15, 0.2) is 18.2 Å². The Hall–Kier alpha value is -2.12. The normalized spacial score (nSPS) is 17.6. The van der Waals surface area contributed by atoms with Gasteiger partial charge in [0.05, 0.1) is 11.1 Å². The molecule has 1 saturated carbocycles. The van der Waals surface area contributed by atoms with Crippen LogP contribution in [0.5, 0.6) is 0 Å². The fourth-order valence-electron chi connectivity index (χ4n) is 2.17. The number of carboxylic acid groups (broad SMARTS) is 1. The minimum absolute atomic E-state index is 0.0227. The molecule has 100 valence electrons. The second kappa shape index (κ2) is 3.46. The highest BCUT2D eigenvalue weighted by molar-refractivity contribution is 6.00. The lowest BCUT2D eigenvalue weighted by atomic mass is 10.1. The first kappa shape index (κ1) is 11.9. The van der Waals surface area contributed by atoms with Crippen LogP contribution in [0.4, 0.5) is 13.2 Å². The van der Waals surface area contributed by atoms with Crippen LogP contribution < -0.4 is 0 Å². The van der Waals surface area contributed by atoms with Crippen LogP contribution in [0.25, 0.3) is 11.0 Å². The van der Waals surface area contributed by atoms with Gasteiger partial charge in [0.2, 0.25) is 0 Å². The van der Waals surface area contributed by atoms with E-state index in [-0.39, 0.29) is 29.4 Å². The summed E-state index contributed by atoms with van der Waals surface area (Å²) in [5.41, 5.74) is -2.11. The third-order valence-corrected chi connectivity index (χ3v) is 3.36. The summed E-state index contributed by atoms with van der Waals surface area (Å²) in [7, 11) is 0. The fourth-order valence-corrected chi connectivity index (χ4v) is 2.17. The summed E-state index contributed by atoms with van der Waals surface area (Å²) < 4.78 is 39.9. The van der Waals surface area contributed by atoms with Crippen molar-refractivity contribution >= 4 is 17.0 Å². The number of benzene rings is 1. The van der Waals surface area contributed by atoms with E-state index >= 15 is 0 Å². The quantitative estimate of drug-likeness (QED) is 0.909. The number of fused-ring (bicyclic) bond motifs is 1. The zero-order valence-corrected chi connectivity index (χ0v) is 9.48. The van der Waals surface area contributed by atoms with Gasteiger partial charge < -0.3 is 5.11 Å². The standard InChI is InChI=1S/C11H8F3N3O2/c12-11(13,14)10(4-5-10)17-7-3-1-2-6(9(18)19)8(7)15-16-17/h1-3H,4-5H2,(H,18,19). The Bertz CT molecular complexity index is 673. The number of aromatic carboxylic acids is 1. The van der Waals surface area contributed by atoms with Gasteiger partial charge in [0.1, 0.15) is 5.52 Å². The molecule has 0 atom stereocenters. The van der Waals surface area contributed by atoms with Crippen molar-refractivity contribution in [2.75, 3.05) is 0 Å². The molecule has 1 aromatic carbocycles. The van der Waals surface area contributed by atoms with Gasteiger partial charge in [-0.15, -0.1) is 5.10 Å². The summed E-state index contributed by atoms with van der Waals surface area (Å²) in [5.74, 6) is -1.24. The van der Waals surface area contributed by atoms with Crippen molar-refractivity contribution in [3.05, 3.63) is 23.8 Å². The molecule has 19 heavy (non-hydrogen) atoms. The summed E-state index contributed by atoms with van der Waals surface area (Å²) in [4.78, 5) is 11.0. The first-order valence-corrected chi connectivity index (χ1v) is 5.52. The van der Waals surface area contributed by atoms with Crippen molar-refractivity contribution < 1.29 is 23.1 Å². The highest BCUT2D eigenvalue weighted by Crippen LogP contribution is 2.55. The number of alkyl halides is 3. The maximum atomic E-state index is 13.0. The lowest BCUT2D eigenvalue weighted by Gasteiger charge is -2.19. The largest absolute Gasteiger partial charge is 0.478 e. The average Bonchev–Trinajstić information content (AvgIpc) is 3.03. The van der Waals surface area contributed by atoms with Crippen LogP contribution in [-0.4, -0.2) is 32.2 Å². The third-order valence-electron chi connectivity index (χ3n) is 3.36. The molecule has 3 rings (SSSR count). The molecule has 1 aromatic heterocycles. The van der Waals surface area contributed by atoms with E-state index in [4.69, 9.17) is 5.11 Å². The molecule has 1 aliphatic carbocycles. The smallest absolute Gasteiger partial charge is 0.413 e. The first-order chi connectivity index (χ1) is 8.87. The van der Waals surface area contributed by atoms with Crippen LogP contribution in [0.2, 0.25) is 0 Å². The number of hydrogen-bond donors (Lipinski definition) is 1. The SMILES string of the molecule is O=C(O)c1cccc2c1nnn2C1(C(F)(F)F)CC1. The lowest BCUT2D eigenvalue weighted by molar-refractivity contribution is -0.181. The molecule has 0 spiro atoms. The number of aromatic nitrogens is 3. The molecule has 0 amide bonds. The fraction of sp³-hybridized carbons (Fsp3) is 0.364. The van der Waals surface area contributed by atoms with Crippen molar-refractivity contribution in [3.8, 4) is 0 Å². The number of nitrogens with zero attached hydrogens (tertiary/aromatic N) is 3. The molecule has 0 aliphatic heterocycles. The van der Waals surface area contributed by atoms with Gasteiger partial charge in [-0.1, -0.05) is 11.3 Å². The van der Waals surface area contributed by atoms with Gasteiger partial charge in [-0.3, -0.25) is 0 Å². The van der Waals surface area contributed by atoms with Gasteiger partial charge in [-0.25, -0.2) is 9.48 Å². The summed E-state index contributed by atoms with van der Waals surface area (Å²) in [6.45, 7) is 0. The molecule has 1 aliphatic rings. The van der Waals surface area contributed by atoms with Crippen molar-refractivity contribution in [2.45, 2.75) is 24.6 Å². The van der Waals surface area contributed by atoms with Crippen LogP contribution in [0, 0.1) is 0 Å². The monoisotopic (exact) mass is 271 g/mol. The Morgan fingerprint density at radius 2 is 2.05 bits per heavy atom. The molecule has 8 heteroatoms. The lowest BCUT2D eigenvalue weighted by Crippen LogP contribution is -2.35. The van der Waals surface area contributed by atoms with Crippen LogP contribution in [0.1, 0.15) is 23.2 Å². The molecule has 5 nitrogen and oxygen atoms in total. The van der Waals surface area contributed by atoms with Crippen molar-refractivity contribution in [2.24, 2.45) is 0 Å². The van der Waals surface area contributed by atoms with E-state index < -0.39 is 17.7 Å². The van der Waals surface area contributed by atoms with Crippen molar-refractivity contribution in [1.29, 1.82) is 0 Å². The van der Waals surface area contributed by atoms with Crippen molar-refractivity contribution in [3.63, 3.8) is 0 Å². The Labute approximate surface area is 104 Å². The Morgan fingerprint density at radius 3 is 2.58 bits per heavy atom. The van der Waals surface area contributed by atoms with E-state index in [2.05, 4.69) is 10.3 Å². The van der Waals surface area contributed by atoms with Crippen LogP contribution in [-0.2, 0) is 5.54 Å². The Morgan fingerprint density at radius 1 is 1.37 bits per heavy atom. The third kappa shape index (κ3) is 1.52. The molecule has 0 radical (unpaired) electrons. The predicted octanol–water partition coefficient (Wildman–Crippen LogP) is 2.18. The molecular weight excluding hydrogens is 263 g/mol. The van der Waals surface area contributed by atoms with Gasteiger partial charge in [0.15, 0.2) is 5.54 Å². The van der Waals surface area contributed by atoms with Crippen LogP contribution >= 0.6 is 0 Å². The van der Waals surface area contributed by atoms with E-state index in [1.165, 1.54) is 18.2 Å². The van der Waals surface area contributed by atoms with E-state index in [0.29, 0.717) is 0 Å². The van der Waals surface area contributed by atoms with Gasteiger partial charge in [0, 0.05) is 0 Å². The van der Waals surface area contributed by atoms with Gasteiger partial charge in [-0.05, 0) is 25.0 Å². The predicted molar refractivity (Wildman–Crippen MR) is 57.8 cm³/mol. The first-order valence-electron chi connectivity index (χ1n) is 5.52. The maximum Gasteiger partial charge on any atom is 0.413 e. The Balaban J connectivity index is 2.23. The number of carbonyl (C=O) groups is 1. The molecule has 0 unspecified atom stereocenters. The topological polar surface area (TPSA) is 68.0 Å². The molecule has 1 heterocycles. The summed E-state index contributed by atoms with van der Waals surface area (Å²) in [6, 6.07) is 4.07. The molecular formula is C11H8F3N3O2. The molecule has 2 aromatic rings. The number of hydrogen-bond acceptors (Lipinski definition) is 3. The highest BCUT2D eigenvalue weighted by atomic mass is 19.4. The zero-order chi connectivity index (χ0) is 13.8. The second-order valence-corrected chi connectivity index (χ2v) is 4.51. The number of carboxylic acids is 1.